The van der Waals surface area contributed by atoms with Gasteiger partial charge in [-0.1, -0.05) is 23.9 Å². The van der Waals surface area contributed by atoms with Gasteiger partial charge in [-0.05, 0) is 25.0 Å². The second-order valence-corrected chi connectivity index (χ2v) is 9.42. The highest BCUT2D eigenvalue weighted by atomic mass is 32.2. The van der Waals surface area contributed by atoms with Crippen molar-refractivity contribution in [3.8, 4) is 17.1 Å². The molecule has 0 spiro atoms. The van der Waals surface area contributed by atoms with E-state index < -0.39 is 0 Å². The van der Waals surface area contributed by atoms with Crippen LogP contribution in [0.4, 0.5) is 11.5 Å². The molecule has 10 nitrogen and oxygen atoms in total. The minimum atomic E-state index is -0.0271. The molecule has 0 bridgehead atoms. The lowest BCUT2D eigenvalue weighted by Gasteiger charge is -2.32. The lowest BCUT2D eigenvalue weighted by atomic mass is 9.95. The Labute approximate surface area is 200 Å². The number of hydrogen-bond acceptors (Lipinski definition) is 8. The third-order valence-corrected chi connectivity index (χ3v) is 7.20. The summed E-state index contributed by atoms with van der Waals surface area (Å²) < 4.78 is 3.80. The van der Waals surface area contributed by atoms with Crippen LogP contribution in [0, 0.1) is 5.92 Å². The van der Waals surface area contributed by atoms with Crippen molar-refractivity contribution in [2.75, 3.05) is 29.1 Å². The van der Waals surface area contributed by atoms with Gasteiger partial charge in [-0.2, -0.15) is 5.10 Å². The Bertz CT molecular complexity index is 1270. The first-order valence-electron chi connectivity index (χ1n) is 11.3. The number of fused-ring (bicyclic) bond motifs is 1. The average Bonchev–Trinajstić information content (AvgIpc) is 3.63. The summed E-state index contributed by atoms with van der Waals surface area (Å²) in [4.78, 5) is 32.4. The van der Waals surface area contributed by atoms with Crippen LogP contribution in [0.1, 0.15) is 12.8 Å². The number of carbonyl (C=O) groups is 1. The molecule has 3 aromatic heterocycles. The predicted octanol–water partition coefficient (Wildman–Crippen LogP) is 2.88. The number of nitrogens with one attached hydrogen (secondary N) is 1. The van der Waals surface area contributed by atoms with Crippen molar-refractivity contribution < 1.29 is 4.79 Å². The van der Waals surface area contributed by atoms with Gasteiger partial charge in [0.05, 0.1) is 5.69 Å². The lowest BCUT2D eigenvalue weighted by Crippen LogP contribution is -2.38. The Hall–Kier alpha value is -3.73. The molecule has 11 heteroatoms. The van der Waals surface area contributed by atoms with Gasteiger partial charge >= 0.3 is 0 Å². The Morgan fingerprint density at radius 2 is 1.85 bits per heavy atom. The largest absolute Gasteiger partial charge is 0.356 e. The Balaban J connectivity index is 1.05. The number of rotatable bonds is 5. The minimum absolute atomic E-state index is 0.0271. The summed E-state index contributed by atoms with van der Waals surface area (Å²) >= 11 is 1.79. The van der Waals surface area contributed by atoms with E-state index in [1.54, 1.807) is 22.8 Å². The second-order valence-electron chi connectivity index (χ2n) is 8.35. The van der Waals surface area contributed by atoms with Crippen molar-refractivity contribution in [3.05, 3.63) is 55.5 Å². The second kappa shape index (κ2) is 8.90. The number of thioether (sulfide) groups is 1. The fourth-order valence-corrected chi connectivity index (χ4v) is 5.29. The number of nitrogens with zero attached hydrogens (tertiary/aromatic N) is 8. The van der Waals surface area contributed by atoms with Crippen LogP contribution in [-0.2, 0) is 11.3 Å². The molecule has 0 radical (unpaired) electrons. The molecule has 0 atom stereocenters. The van der Waals surface area contributed by atoms with Crippen LogP contribution in [0.25, 0.3) is 17.1 Å². The van der Waals surface area contributed by atoms with Crippen LogP contribution in [0.15, 0.2) is 60.7 Å². The molecule has 0 saturated carbocycles. The van der Waals surface area contributed by atoms with Crippen LogP contribution >= 0.6 is 11.8 Å². The topological polar surface area (TPSA) is 107 Å². The summed E-state index contributed by atoms with van der Waals surface area (Å²) in [6.07, 6.45) is 8.25. The van der Waals surface area contributed by atoms with Crippen molar-refractivity contribution in [1.82, 2.24) is 34.3 Å². The van der Waals surface area contributed by atoms with E-state index in [1.807, 2.05) is 30.3 Å². The highest BCUT2D eigenvalue weighted by molar-refractivity contribution is 7.99. The molecule has 1 N–H and O–H groups in total. The SMILES string of the molecule is O=C(Nc1ccc(-c2cn3c(n2)SCC3)cc1)C1CCN(c2cc(-n3cncn3)ncn2)CC1. The maximum absolute atomic E-state index is 12.9. The maximum Gasteiger partial charge on any atom is 0.227 e. The number of piperidine rings is 1. The highest BCUT2D eigenvalue weighted by Gasteiger charge is 2.26. The molecule has 34 heavy (non-hydrogen) atoms. The van der Waals surface area contributed by atoms with Crippen LogP contribution in [0.5, 0.6) is 0 Å². The lowest BCUT2D eigenvalue weighted by molar-refractivity contribution is -0.120. The summed E-state index contributed by atoms with van der Waals surface area (Å²) in [5.74, 6) is 2.63. The Kier molecular flexibility index (Phi) is 5.46. The molecule has 172 valence electrons. The number of aryl methyl sites for hydroxylation is 1. The van der Waals surface area contributed by atoms with Gasteiger partial charge in [0.15, 0.2) is 11.0 Å². The number of anilines is 2. The molecular weight excluding hydrogens is 450 g/mol. The zero-order valence-electron chi connectivity index (χ0n) is 18.4. The molecule has 1 aromatic carbocycles. The first kappa shape index (κ1) is 20.8. The zero-order chi connectivity index (χ0) is 22.9. The smallest absolute Gasteiger partial charge is 0.227 e. The zero-order valence-corrected chi connectivity index (χ0v) is 19.2. The van der Waals surface area contributed by atoms with E-state index in [4.69, 9.17) is 4.98 Å². The van der Waals surface area contributed by atoms with E-state index in [-0.39, 0.29) is 11.8 Å². The first-order valence-corrected chi connectivity index (χ1v) is 12.2. The van der Waals surface area contributed by atoms with E-state index in [0.717, 1.165) is 66.1 Å². The van der Waals surface area contributed by atoms with Gasteiger partial charge < -0.3 is 14.8 Å². The molecule has 4 aromatic rings. The van der Waals surface area contributed by atoms with Crippen LogP contribution in [0.2, 0.25) is 0 Å². The monoisotopic (exact) mass is 473 g/mol. The van der Waals surface area contributed by atoms with Gasteiger partial charge in [0.25, 0.3) is 0 Å². The van der Waals surface area contributed by atoms with Crippen molar-refractivity contribution >= 4 is 29.2 Å². The van der Waals surface area contributed by atoms with E-state index in [9.17, 15) is 4.79 Å². The van der Waals surface area contributed by atoms with Gasteiger partial charge in [0, 0.05) is 54.8 Å². The van der Waals surface area contributed by atoms with Crippen LogP contribution in [-0.4, -0.2) is 59.0 Å². The standard InChI is InChI=1S/C23H23N9OS/c33-22(28-18-3-1-16(2-4-18)19-12-31-9-10-34-23(31)29-19)17-5-7-30(8-6-17)20-11-21(26-14-25-20)32-15-24-13-27-32/h1-4,11-15,17H,5-10H2,(H,28,33). The average molecular weight is 474 g/mol. The molecule has 6 rings (SSSR count). The molecule has 2 aliphatic rings. The number of benzene rings is 1. The fraction of sp³-hybridized carbons (Fsp3) is 0.304. The van der Waals surface area contributed by atoms with Gasteiger partial charge in [0.2, 0.25) is 5.91 Å². The Morgan fingerprint density at radius 1 is 1.03 bits per heavy atom. The molecule has 5 heterocycles. The van der Waals surface area contributed by atoms with E-state index in [0.29, 0.717) is 5.82 Å². The molecule has 0 unspecified atom stereocenters. The summed E-state index contributed by atoms with van der Waals surface area (Å²) in [5, 5.41) is 8.28. The van der Waals surface area contributed by atoms with Crippen molar-refractivity contribution in [2.45, 2.75) is 24.5 Å². The van der Waals surface area contributed by atoms with Crippen molar-refractivity contribution in [3.63, 3.8) is 0 Å². The molecule has 1 saturated heterocycles. The summed E-state index contributed by atoms with van der Waals surface area (Å²) in [5.41, 5.74) is 2.85. The normalized spacial score (nSPS) is 15.9. The molecule has 1 amide bonds. The predicted molar refractivity (Wildman–Crippen MR) is 129 cm³/mol. The number of carbonyl (C=O) groups excluding carboxylic acids is 1. The fourth-order valence-electron chi connectivity index (χ4n) is 4.35. The minimum Gasteiger partial charge on any atom is -0.356 e. The number of imidazole rings is 1. The third-order valence-electron chi connectivity index (χ3n) is 6.23. The first-order chi connectivity index (χ1) is 16.7. The van der Waals surface area contributed by atoms with Crippen molar-refractivity contribution in [2.24, 2.45) is 5.92 Å². The molecular formula is C23H23N9OS. The van der Waals surface area contributed by atoms with Crippen molar-refractivity contribution in [1.29, 1.82) is 0 Å². The molecule has 2 aliphatic heterocycles. The summed E-state index contributed by atoms with van der Waals surface area (Å²) in [6, 6.07) is 9.83. The summed E-state index contributed by atoms with van der Waals surface area (Å²) in [7, 11) is 0. The van der Waals surface area contributed by atoms with E-state index in [2.05, 4.69) is 41.0 Å². The van der Waals surface area contributed by atoms with Gasteiger partial charge in [-0.15, -0.1) is 0 Å². The van der Waals surface area contributed by atoms with Crippen LogP contribution < -0.4 is 10.2 Å². The van der Waals surface area contributed by atoms with E-state index in [1.165, 1.54) is 12.7 Å². The quantitative estimate of drug-likeness (QED) is 0.472. The van der Waals surface area contributed by atoms with Gasteiger partial charge in [-0.3, -0.25) is 4.79 Å². The van der Waals surface area contributed by atoms with Crippen LogP contribution in [0.3, 0.4) is 0 Å². The maximum atomic E-state index is 12.9. The third kappa shape index (κ3) is 4.14. The van der Waals surface area contributed by atoms with Gasteiger partial charge in [0.1, 0.15) is 24.8 Å². The molecule has 1 fully saturated rings. The highest BCUT2D eigenvalue weighted by Crippen LogP contribution is 2.30. The molecule has 0 aliphatic carbocycles. The Morgan fingerprint density at radius 3 is 2.62 bits per heavy atom. The van der Waals surface area contributed by atoms with Gasteiger partial charge in [-0.25, -0.2) is 24.6 Å². The summed E-state index contributed by atoms with van der Waals surface area (Å²) in [6.45, 7) is 2.53. The number of hydrogen-bond donors (Lipinski definition) is 1. The number of aromatic nitrogens is 7. The van der Waals surface area contributed by atoms with E-state index >= 15 is 0 Å². The number of amides is 1.